The van der Waals surface area contributed by atoms with Crippen molar-refractivity contribution in [2.75, 3.05) is 19.6 Å². The lowest BCUT2D eigenvalue weighted by Gasteiger charge is -2.20. The van der Waals surface area contributed by atoms with Crippen LogP contribution in [0.15, 0.2) is 21.3 Å². The van der Waals surface area contributed by atoms with Gasteiger partial charge in [0.2, 0.25) is 23.5 Å². The van der Waals surface area contributed by atoms with Gasteiger partial charge in [0.05, 0.1) is 0 Å². The normalized spacial score (nSPS) is 14.8. The predicted octanol–water partition coefficient (Wildman–Crippen LogP) is 2.64. The lowest BCUT2D eigenvalue weighted by atomic mass is 10.2. The Morgan fingerprint density at radius 1 is 1.19 bits per heavy atom. The van der Waals surface area contributed by atoms with E-state index in [0.717, 1.165) is 31.5 Å². The largest absolute Gasteiger partial charge is 0.356 e. The van der Waals surface area contributed by atoms with Crippen molar-refractivity contribution in [1.29, 1.82) is 0 Å². The van der Waals surface area contributed by atoms with Gasteiger partial charge in [-0.3, -0.25) is 9.59 Å². The van der Waals surface area contributed by atoms with E-state index in [0.29, 0.717) is 31.1 Å². The topological polar surface area (TPSA) is 88.3 Å². The van der Waals surface area contributed by atoms with E-state index < -0.39 is 0 Å². The smallest absolute Gasteiger partial charge is 0.227 e. The van der Waals surface area contributed by atoms with Crippen LogP contribution >= 0.6 is 11.3 Å². The Labute approximate surface area is 156 Å². The van der Waals surface area contributed by atoms with Crippen molar-refractivity contribution >= 4 is 23.2 Å². The maximum absolute atomic E-state index is 12.2. The molecule has 140 valence electrons. The summed E-state index contributed by atoms with van der Waals surface area (Å²) in [6.07, 6.45) is 5.57. The molecule has 0 spiro atoms. The van der Waals surface area contributed by atoms with E-state index in [1.54, 1.807) is 11.3 Å². The molecule has 2 aromatic rings. The molecule has 0 aromatic carbocycles. The van der Waals surface area contributed by atoms with Crippen molar-refractivity contribution < 1.29 is 14.1 Å². The summed E-state index contributed by atoms with van der Waals surface area (Å²) in [7, 11) is 0. The highest BCUT2D eigenvalue weighted by Gasteiger charge is 2.15. The number of amides is 2. The van der Waals surface area contributed by atoms with Gasteiger partial charge >= 0.3 is 0 Å². The molecule has 2 aromatic heterocycles. The number of aryl methyl sites for hydroxylation is 1. The summed E-state index contributed by atoms with van der Waals surface area (Å²) in [6, 6.07) is 1.92. The molecule has 3 rings (SSSR count). The van der Waals surface area contributed by atoms with Gasteiger partial charge in [-0.1, -0.05) is 18.0 Å². The fourth-order valence-electron chi connectivity index (χ4n) is 2.96. The van der Waals surface area contributed by atoms with Crippen LogP contribution in [0.4, 0.5) is 0 Å². The highest BCUT2D eigenvalue weighted by molar-refractivity contribution is 7.08. The third-order valence-electron chi connectivity index (χ3n) is 4.43. The Hall–Kier alpha value is -2.22. The summed E-state index contributed by atoms with van der Waals surface area (Å²) >= 11 is 1.57. The van der Waals surface area contributed by atoms with Gasteiger partial charge in [0.1, 0.15) is 0 Å². The summed E-state index contributed by atoms with van der Waals surface area (Å²) < 4.78 is 5.18. The molecule has 0 unspecified atom stereocenters. The van der Waals surface area contributed by atoms with E-state index in [1.807, 2.05) is 21.7 Å². The molecule has 1 aliphatic heterocycles. The van der Waals surface area contributed by atoms with Gasteiger partial charge in [-0.15, -0.1) is 0 Å². The second kappa shape index (κ2) is 9.47. The van der Waals surface area contributed by atoms with E-state index in [9.17, 15) is 9.59 Å². The fraction of sp³-hybridized carbons (Fsp3) is 0.556. The second-order valence-corrected chi connectivity index (χ2v) is 7.20. The Kier molecular flexibility index (Phi) is 6.76. The summed E-state index contributed by atoms with van der Waals surface area (Å²) in [4.78, 5) is 30.3. The standard InChI is InChI=1S/C18H24N4O3S/c23-15(19-9-7-17(24)22-10-3-1-2-4-11-22)5-6-16-20-18(21-25-16)14-8-12-26-13-14/h8,12-13H,1-7,9-11H2,(H,19,23). The number of hydrogen-bond donors (Lipinski definition) is 1. The van der Waals surface area contributed by atoms with Crippen molar-refractivity contribution in [1.82, 2.24) is 20.4 Å². The Morgan fingerprint density at radius 3 is 2.73 bits per heavy atom. The number of rotatable bonds is 7. The molecule has 0 atom stereocenters. The SMILES string of the molecule is O=C(CCc1nc(-c2ccsc2)no1)NCCC(=O)N1CCCCCC1. The van der Waals surface area contributed by atoms with E-state index >= 15 is 0 Å². The Morgan fingerprint density at radius 2 is 2.00 bits per heavy atom. The zero-order valence-electron chi connectivity index (χ0n) is 14.8. The molecule has 0 aliphatic carbocycles. The average Bonchev–Trinajstić information content (AvgIpc) is 3.26. The summed E-state index contributed by atoms with van der Waals surface area (Å²) in [5, 5.41) is 10.6. The van der Waals surface area contributed by atoms with E-state index in [-0.39, 0.29) is 18.2 Å². The Bertz CT molecular complexity index is 706. The van der Waals surface area contributed by atoms with Crippen LogP contribution in [0.25, 0.3) is 11.4 Å². The van der Waals surface area contributed by atoms with Crippen LogP contribution in [-0.2, 0) is 16.0 Å². The van der Waals surface area contributed by atoms with Gasteiger partial charge in [0.25, 0.3) is 0 Å². The van der Waals surface area contributed by atoms with Gasteiger partial charge < -0.3 is 14.7 Å². The molecule has 1 aliphatic rings. The summed E-state index contributed by atoms with van der Waals surface area (Å²) in [5.41, 5.74) is 0.918. The lowest BCUT2D eigenvalue weighted by Crippen LogP contribution is -2.35. The molecule has 0 saturated carbocycles. The molecule has 7 nitrogen and oxygen atoms in total. The minimum absolute atomic E-state index is 0.107. The van der Waals surface area contributed by atoms with Crippen LogP contribution in [0.2, 0.25) is 0 Å². The number of likely N-dealkylation sites (tertiary alicyclic amines) is 1. The molecule has 0 bridgehead atoms. The first-order valence-electron chi connectivity index (χ1n) is 9.12. The van der Waals surface area contributed by atoms with E-state index in [4.69, 9.17) is 4.52 Å². The molecule has 1 fully saturated rings. The van der Waals surface area contributed by atoms with Crippen molar-refractivity contribution in [3.63, 3.8) is 0 Å². The molecule has 1 saturated heterocycles. The van der Waals surface area contributed by atoms with Crippen LogP contribution in [0.1, 0.15) is 44.4 Å². The van der Waals surface area contributed by atoms with Crippen molar-refractivity contribution in [3.05, 3.63) is 22.7 Å². The molecule has 2 amide bonds. The average molecular weight is 376 g/mol. The van der Waals surface area contributed by atoms with Crippen LogP contribution in [0, 0.1) is 0 Å². The zero-order chi connectivity index (χ0) is 18.2. The molecular formula is C18H24N4O3S. The van der Waals surface area contributed by atoms with Gasteiger partial charge in [-0.2, -0.15) is 16.3 Å². The monoisotopic (exact) mass is 376 g/mol. The second-order valence-electron chi connectivity index (χ2n) is 6.42. The minimum atomic E-state index is -0.107. The molecule has 0 radical (unpaired) electrons. The highest BCUT2D eigenvalue weighted by Crippen LogP contribution is 2.19. The number of carbonyl (C=O) groups excluding carboxylic acids is 2. The zero-order valence-corrected chi connectivity index (χ0v) is 15.6. The third-order valence-corrected chi connectivity index (χ3v) is 5.12. The number of hydrogen-bond acceptors (Lipinski definition) is 6. The molecule has 3 heterocycles. The Balaban J connectivity index is 1.34. The van der Waals surface area contributed by atoms with Crippen LogP contribution in [0.5, 0.6) is 0 Å². The van der Waals surface area contributed by atoms with E-state index in [2.05, 4.69) is 15.5 Å². The summed E-state index contributed by atoms with van der Waals surface area (Å²) in [6.45, 7) is 2.06. The summed E-state index contributed by atoms with van der Waals surface area (Å²) in [5.74, 6) is 1.01. The van der Waals surface area contributed by atoms with Crippen LogP contribution < -0.4 is 5.32 Å². The van der Waals surface area contributed by atoms with Gasteiger partial charge in [-0.25, -0.2) is 0 Å². The molecular weight excluding hydrogens is 352 g/mol. The van der Waals surface area contributed by atoms with Gasteiger partial charge in [0, 0.05) is 49.8 Å². The first-order chi connectivity index (χ1) is 12.7. The maximum atomic E-state index is 12.2. The number of thiophene rings is 1. The molecule has 1 N–H and O–H groups in total. The van der Waals surface area contributed by atoms with Crippen molar-refractivity contribution in [2.45, 2.75) is 44.9 Å². The fourth-order valence-corrected chi connectivity index (χ4v) is 3.60. The van der Waals surface area contributed by atoms with Crippen molar-refractivity contribution in [2.24, 2.45) is 0 Å². The number of carbonyl (C=O) groups is 2. The number of aromatic nitrogens is 2. The minimum Gasteiger partial charge on any atom is -0.356 e. The molecule has 26 heavy (non-hydrogen) atoms. The third kappa shape index (κ3) is 5.39. The number of nitrogens with zero attached hydrogens (tertiary/aromatic N) is 3. The maximum Gasteiger partial charge on any atom is 0.227 e. The van der Waals surface area contributed by atoms with Crippen LogP contribution in [-0.4, -0.2) is 46.5 Å². The molecule has 8 heteroatoms. The first-order valence-corrected chi connectivity index (χ1v) is 10.1. The van der Waals surface area contributed by atoms with Crippen LogP contribution in [0.3, 0.4) is 0 Å². The highest BCUT2D eigenvalue weighted by atomic mass is 32.1. The van der Waals surface area contributed by atoms with Gasteiger partial charge in [0.15, 0.2) is 0 Å². The first kappa shape index (κ1) is 18.6. The van der Waals surface area contributed by atoms with Gasteiger partial charge in [-0.05, 0) is 24.3 Å². The predicted molar refractivity (Wildman–Crippen MR) is 98.6 cm³/mol. The quantitative estimate of drug-likeness (QED) is 0.802. The van der Waals surface area contributed by atoms with Crippen molar-refractivity contribution in [3.8, 4) is 11.4 Å². The van der Waals surface area contributed by atoms with E-state index in [1.165, 1.54) is 12.8 Å². The lowest BCUT2D eigenvalue weighted by molar-refractivity contribution is -0.131. The number of nitrogens with one attached hydrogen (secondary N) is 1.